The molecule has 2 atom stereocenters. The number of Topliss-reactive ketones (excluding diaryl/α,β-unsaturated/α-hetero) is 1. The van der Waals surface area contributed by atoms with Gasteiger partial charge in [0.25, 0.3) is 0 Å². The van der Waals surface area contributed by atoms with Crippen LogP contribution in [0.3, 0.4) is 0 Å². The monoisotopic (exact) mass is 282 g/mol. The molecule has 1 heterocycles. The van der Waals surface area contributed by atoms with Crippen molar-refractivity contribution in [2.45, 2.75) is 18.9 Å². The fourth-order valence-corrected chi connectivity index (χ4v) is 2.94. The van der Waals surface area contributed by atoms with E-state index in [-0.39, 0.29) is 28.8 Å². The molecule has 100 valence electrons. The number of anilines is 1. The SMILES string of the molecule is O=C1CC2CC1CN2C(=O)Nc1ccc(F)c(Cl)c1. The third kappa shape index (κ3) is 2.18. The van der Waals surface area contributed by atoms with Gasteiger partial charge < -0.3 is 10.2 Å². The van der Waals surface area contributed by atoms with Crippen LogP contribution in [0.25, 0.3) is 0 Å². The summed E-state index contributed by atoms with van der Waals surface area (Å²) in [6.07, 6.45) is 1.21. The summed E-state index contributed by atoms with van der Waals surface area (Å²) in [7, 11) is 0. The number of piperidine rings is 1. The number of hydrogen-bond donors (Lipinski definition) is 1. The minimum absolute atomic E-state index is 0.00689. The number of carbonyl (C=O) groups excluding carboxylic acids is 2. The molecule has 1 aliphatic heterocycles. The maximum absolute atomic E-state index is 13.0. The number of ketones is 1. The minimum atomic E-state index is -0.523. The highest BCUT2D eigenvalue weighted by atomic mass is 35.5. The van der Waals surface area contributed by atoms with E-state index in [0.717, 1.165) is 6.42 Å². The fourth-order valence-electron chi connectivity index (χ4n) is 2.76. The standard InChI is InChI=1S/C13H12ClFN2O2/c14-10-4-8(1-2-11(10)15)16-13(19)17-6-7-3-9(17)5-12(7)18/h1-2,4,7,9H,3,5-6H2,(H,16,19). The van der Waals surface area contributed by atoms with E-state index >= 15 is 0 Å². The highest BCUT2D eigenvalue weighted by Gasteiger charge is 2.45. The van der Waals surface area contributed by atoms with Crippen LogP contribution in [0.15, 0.2) is 18.2 Å². The van der Waals surface area contributed by atoms with Crippen molar-refractivity contribution < 1.29 is 14.0 Å². The molecule has 2 aliphatic rings. The van der Waals surface area contributed by atoms with Gasteiger partial charge in [-0.05, 0) is 24.6 Å². The molecular weight excluding hydrogens is 271 g/mol. The molecule has 2 bridgehead atoms. The van der Waals surface area contributed by atoms with Gasteiger partial charge in [-0.15, -0.1) is 0 Å². The summed E-state index contributed by atoms with van der Waals surface area (Å²) in [5.74, 6) is -0.281. The molecule has 1 saturated carbocycles. The Kier molecular flexibility index (Phi) is 2.93. The van der Waals surface area contributed by atoms with Gasteiger partial charge in [-0.25, -0.2) is 9.18 Å². The van der Waals surface area contributed by atoms with Crippen LogP contribution in [0.1, 0.15) is 12.8 Å². The number of urea groups is 1. The van der Waals surface area contributed by atoms with Gasteiger partial charge in [0, 0.05) is 30.6 Å². The second kappa shape index (κ2) is 4.49. The molecule has 2 amide bonds. The zero-order chi connectivity index (χ0) is 13.6. The summed E-state index contributed by atoms with van der Waals surface area (Å²) in [6, 6.07) is 3.78. The Bertz CT molecular complexity index is 564. The van der Waals surface area contributed by atoms with E-state index in [1.807, 2.05) is 0 Å². The number of benzene rings is 1. The normalized spacial score (nSPS) is 24.9. The van der Waals surface area contributed by atoms with Crippen LogP contribution >= 0.6 is 11.6 Å². The lowest BCUT2D eigenvalue weighted by Gasteiger charge is -2.26. The predicted octanol–water partition coefficient (Wildman–Crippen LogP) is 2.67. The molecule has 2 fully saturated rings. The molecule has 0 aromatic heterocycles. The Labute approximate surface area is 114 Å². The number of rotatable bonds is 1. The van der Waals surface area contributed by atoms with Gasteiger partial charge >= 0.3 is 6.03 Å². The molecule has 1 saturated heterocycles. The van der Waals surface area contributed by atoms with Gasteiger partial charge in [0.1, 0.15) is 11.6 Å². The third-order valence-corrected chi connectivity index (χ3v) is 4.03. The number of fused-ring (bicyclic) bond motifs is 2. The molecule has 1 aromatic rings. The van der Waals surface area contributed by atoms with E-state index in [2.05, 4.69) is 5.32 Å². The molecule has 1 aromatic carbocycles. The van der Waals surface area contributed by atoms with Gasteiger partial charge in [0.15, 0.2) is 0 Å². The average Bonchev–Trinajstić information content (AvgIpc) is 2.92. The van der Waals surface area contributed by atoms with Crippen LogP contribution in [0.4, 0.5) is 14.9 Å². The van der Waals surface area contributed by atoms with Crippen molar-refractivity contribution in [2.75, 3.05) is 11.9 Å². The zero-order valence-corrected chi connectivity index (χ0v) is 10.8. The second-order valence-corrected chi connectivity index (χ2v) is 5.38. The van der Waals surface area contributed by atoms with Crippen molar-refractivity contribution in [3.63, 3.8) is 0 Å². The highest BCUT2D eigenvalue weighted by molar-refractivity contribution is 6.31. The number of amides is 2. The van der Waals surface area contributed by atoms with Crippen LogP contribution in [0.5, 0.6) is 0 Å². The summed E-state index contributed by atoms with van der Waals surface area (Å²) in [6.45, 7) is 0.476. The summed E-state index contributed by atoms with van der Waals surface area (Å²) < 4.78 is 13.0. The van der Waals surface area contributed by atoms with E-state index in [4.69, 9.17) is 11.6 Å². The van der Waals surface area contributed by atoms with E-state index in [9.17, 15) is 14.0 Å². The second-order valence-electron chi connectivity index (χ2n) is 4.97. The number of nitrogens with one attached hydrogen (secondary N) is 1. The van der Waals surface area contributed by atoms with Crippen LogP contribution in [-0.4, -0.2) is 29.3 Å². The van der Waals surface area contributed by atoms with E-state index in [0.29, 0.717) is 18.7 Å². The van der Waals surface area contributed by atoms with Crippen molar-refractivity contribution in [1.82, 2.24) is 4.90 Å². The molecule has 1 aliphatic carbocycles. The van der Waals surface area contributed by atoms with Gasteiger partial charge in [0.05, 0.1) is 5.02 Å². The van der Waals surface area contributed by atoms with Crippen molar-refractivity contribution in [3.8, 4) is 0 Å². The highest BCUT2D eigenvalue weighted by Crippen LogP contribution is 2.35. The first-order chi connectivity index (χ1) is 9.04. The smallest absolute Gasteiger partial charge is 0.320 e. The van der Waals surface area contributed by atoms with Crippen LogP contribution < -0.4 is 5.32 Å². The predicted molar refractivity (Wildman–Crippen MR) is 68.7 cm³/mol. The molecule has 2 unspecified atom stereocenters. The third-order valence-electron chi connectivity index (χ3n) is 3.74. The Morgan fingerprint density at radius 3 is 2.84 bits per heavy atom. The first-order valence-electron chi connectivity index (χ1n) is 6.10. The van der Waals surface area contributed by atoms with Gasteiger partial charge in [-0.1, -0.05) is 11.6 Å². The first kappa shape index (κ1) is 12.4. The lowest BCUT2D eigenvalue weighted by Crippen LogP contribution is -2.42. The topological polar surface area (TPSA) is 49.4 Å². The summed E-state index contributed by atoms with van der Waals surface area (Å²) in [5.41, 5.74) is 0.450. The van der Waals surface area contributed by atoms with Crippen molar-refractivity contribution in [1.29, 1.82) is 0 Å². The maximum Gasteiger partial charge on any atom is 0.322 e. The molecular formula is C13H12ClFN2O2. The largest absolute Gasteiger partial charge is 0.322 e. The Morgan fingerprint density at radius 2 is 2.26 bits per heavy atom. The molecule has 0 radical (unpaired) electrons. The van der Waals surface area contributed by atoms with Gasteiger partial charge in [-0.2, -0.15) is 0 Å². The minimum Gasteiger partial charge on any atom is -0.320 e. The molecule has 4 nitrogen and oxygen atoms in total. The van der Waals surface area contributed by atoms with Gasteiger partial charge in [-0.3, -0.25) is 4.79 Å². The number of hydrogen-bond acceptors (Lipinski definition) is 2. The Balaban J connectivity index is 1.69. The summed E-state index contributed by atoms with van der Waals surface area (Å²) in [5, 5.41) is 2.64. The summed E-state index contributed by atoms with van der Waals surface area (Å²) >= 11 is 5.65. The van der Waals surface area contributed by atoms with Crippen molar-refractivity contribution >= 4 is 29.1 Å². The molecule has 6 heteroatoms. The average molecular weight is 283 g/mol. The lowest BCUT2D eigenvalue weighted by molar-refractivity contribution is -0.122. The number of nitrogens with zero attached hydrogens (tertiary/aromatic N) is 1. The van der Waals surface area contributed by atoms with Crippen molar-refractivity contribution in [3.05, 3.63) is 29.0 Å². The zero-order valence-electron chi connectivity index (χ0n) is 10.0. The fraction of sp³-hybridized carbons (Fsp3) is 0.385. The number of carbonyl (C=O) groups is 2. The maximum atomic E-state index is 13.0. The van der Waals surface area contributed by atoms with E-state index in [1.165, 1.54) is 18.2 Å². The molecule has 0 spiro atoms. The number of halogens is 2. The van der Waals surface area contributed by atoms with Crippen molar-refractivity contribution in [2.24, 2.45) is 5.92 Å². The Hall–Kier alpha value is -1.62. The lowest BCUT2D eigenvalue weighted by atomic mass is 10.1. The van der Waals surface area contributed by atoms with E-state index in [1.54, 1.807) is 4.90 Å². The van der Waals surface area contributed by atoms with Crippen LogP contribution in [0.2, 0.25) is 5.02 Å². The molecule has 19 heavy (non-hydrogen) atoms. The van der Waals surface area contributed by atoms with Gasteiger partial charge in [0.2, 0.25) is 0 Å². The molecule has 3 rings (SSSR count). The first-order valence-corrected chi connectivity index (χ1v) is 6.48. The number of likely N-dealkylation sites (tertiary alicyclic amines) is 1. The van der Waals surface area contributed by atoms with Crippen LogP contribution in [0, 0.1) is 11.7 Å². The summed E-state index contributed by atoms with van der Waals surface area (Å²) in [4.78, 5) is 25.2. The quantitative estimate of drug-likeness (QED) is 0.861. The molecule has 1 N–H and O–H groups in total. The van der Waals surface area contributed by atoms with E-state index < -0.39 is 5.82 Å². The van der Waals surface area contributed by atoms with Crippen LogP contribution in [-0.2, 0) is 4.79 Å². The Morgan fingerprint density at radius 1 is 1.47 bits per heavy atom.